The van der Waals surface area contributed by atoms with Gasteiger partial charge < -0.3 is 9.05 Å². The number of rotatable bonds is 6. The maximum atomic E-state index is 11.9. The second-order valence-electron chi connectivity index (χ2n) is 3.16. The minimum absolute atomic E-state index is 0.375. The van der Waals surface area contributed by atoms with Crippen molar-refractivity contribution in [2.24, 2.45) is 0 Å². The molecule has 0 aliphatic heterocycles. The van der Waals surface area contributed by atoms with Crippen LogP contribution in [-0.4, -0.2) is 12.8 Å². The molecule has 3 nitrogen and oxygen atoms in total. The zero-order valence-corrected chi connectivity index (χ0v) is 10.5. The first-order valence-electron chi connectivity index (χ1n) is 5.34. The monoisotopic (exact) mass is 240 g/mol. The standard InChI is InChI=1S/C12H17O3P/c1-3-14-16(13,4-2)15-11-10-12-8-6-5-7-9-12/h5-11H,3-4H2,1-2H3. The minimum Gasteiger partial charge on any atom is -0.432 e. The Hall–Kier alpha value is -1.05. The summed E-state index contributed by atoms with van der Waals surface area (Å²) in [5, 5.41) is 0. The number of hydrogen-bond donors (Lipinski definition) is 0. The highest BCUT2D eigenvalue weighted by Crippen LogP contribution is 2.47. The lowest BCUT2D eigenvalue weighted by atomic mass is 10.2. The molecule has 0 heterocycles. The number of hydrogen-bond acceptors (Lipinski definition) is 3. The molecule has 0 N–H and O–H groups in total. The molecule has 88 valence electrons. The van der Waals surface area contributed by atoms with Crippen molar-refractivity contribution in [2.45, 2.75) is 13.8 Å². The van der Waals surface area contributed by atoms with E-state index in [0.717, 1.165) is 5.56 Å². The second-order valence-corrected chi connectivity index (χ2v) is 5.49. The second kappa shape index (κ2) is 6.51. The van der Waals surface area contributed by atoms with E-state index in [-0.39, 0.29) is 0 Å². The molecule has 1 atom stereocenters. The molecule has 16 heavy (non-hydrogen) atoms. The van der Waals surface area contributed by atoms with Crippen LogP contribution in [0.4, 0.5) is 0 Å². The van der Waals surface area contributed by atoms with Gasteiger partial charge >= 0.3 is 7.60 Å². The number of benzene rings is 1. The van der Waals surface area contributed by atoms with Gasteiger partial charge in [0.15, 0.2) is 0 Å². The lowest BCUT2D eigenvalue weighted by molar-refractivity contribution is 0.264. The molecule has 0 amide bonds. The highest BCUT2D eigenvalue weighted by molar-refractivity contribution is 7.53. The summed E-state index contributed by atoms with van der Waals surface area (Å²) < 4.78 is 22.2. The lowest BCUT2D eigenvalue weighted by Crippen LogP contribution is -1.93. The van der Waals surface area contributed by atoms with Crippen molar-refractivity contribution < 1.29 is 13.6 Å². The first-order valence-corrected chi connectivity index (χ1v) is 7.06. The van der Waals surface area contributed by atoms with E-state index in [4.69, 9.17) is 9.05 Å². The maximum Gasteiger partial charge on any atom is 0.378 e. The van der Waals surface area contributed by atoms with Crippen molar-refractivity contribution in [1.29, 1.82) is 0 Å². The first-order chi connectivity index (χ1) is 7.70. The molecule has 4 heteroatoms. The fourth-order valence-electron chi connectivity index (χ4n) is 1.16. The molecule has 0 radical (unpaired) electrons. The zero-order valence-electron chi connectivity index (χ0n) is 9.63. The molecular formula is C12H17O3P. The summed E-state index contributed by atoms with van der Waals surface area (Å²) >= 11 is 0. The molecule has 0 spiro atoms. The molecule has 1 unspecified atom stereocenters. The van der Waals surface area contributed by atoms with Gasteiger partial charge in [-0.2, -0.15) is 0 Å². The van der Waals surface area contributed by atoms with Crippen molar-refractivity contribution in [3.05, 3.63) is 42.2 Å². The van der Waals surface area contributed by atoms with Gasteiger partial charge in [-0.15, -0.1) is 0 Å². The molecule has 0 bridgehead atoms. The van der Waals surface area contributed by atoms with Crippen molar-refractivity contribution in [2.75, 3.05) is 12.8 Å². The third-order valence-electron chi connectivity index (χ3n) is 1.99. The molecule has 0 aliphatic carbocycles. The van der Waals surface area contributed by atoms with Gasteiger partial charge in [-0.05, 0) is 18.6 Å². The summed E-state index contributed by atoms with van der Waals surface area (Å²) in [7, 11) is -2.92. The summed E-state index contributed by atoms with van der Waals surface area (Å²) in [6, 6.07) is 9.69. The summed E-state index contributed by atoms with van der Waals surface area (Å²) in [4.78, 5) is 0. The average Bonchev–Trinajstić information content (AvgIpc) is 2.31. The summed E-state index contributed by atoms with van der Waals surface area (Å²) in [6.07, 6.45) is 3.58. The van der Waals surface area contributed by atoms with Gasteiger partial charge in [-0.3, -0.25) is 0 Å². The van der Waals surface area contributed by atoms with Crippen LogP contribution in [0, 0.1) is 0 Å². The van der Waals surface area contributed by atoms with Crippen molar-refractivity contribution >= 4 is 13.7 Å². The van der Waals surface area contributed by atoms with Gasteiger partial charge in [0, 0.05) is 0 Å². The van der Waals surface area contributed by atoms with Crippen LogP contribution in [0.2, 0.25) is 0 Å². The quantitative estimate of drug-likeness (QED) is 0.558. The normalized spacial score (nSPS) is 14.9. The van der Waals surface area contributed by atoms with Gasteiger partial charge in [-0.25, -0.2) is 4.57 Å². The summed E-state index contributed by atoms with van der Waals surface area (Å²) in [6.45, 7) is 3.98. The van der Waals surface area contributed by atoms with Crippen LogP contribution in [0.5, 0.6) is 0 Å². The van der Waals surface area contributed by atoms with Crippen LogP contribution in [0.25, 0.3) is 6.08 Å². The van der Waals surface area contributed by atoms with Gasteiger partial charge in [-0.1, -0.05) is 37.3 Å². The third-order valence-corrected chi connectivity index (χ3v) is 3.86. The predicted octanol–water partition coefficient (Wildman–Crippen LogP) is 3.92. The Balaban J connectivity index is 2.56. The smallest absolute Gasteiger partial charge is 0.378 e. The van der Waals surface area contributed by atoms with E-state index < -0.39 is 7.60 Å². The van der Waals surface area contributed by atoms with E-state index in [1.807, 2.05) is 30.3 Å². The Morgan fingerprint density at radius 2 is 1.94 bits per heavy atom. The van der Waals surface area contributed by atoms with E-state index in [2.05, 4.69) is 0 Å². The first kappa shape index (κ1) is 13.0. The topological polar surface area (TPSA) is 35.5 Å². The van der Waals surface area contributed by atoms with E-state index in [1.165, 1.54) is 6.26 Å². The lowest BCUT2D eigenvalue weighted by Gasteiger charge is -2.13. The molecule has 1 aromatic carbocycles. The fourth-order valence-corrected chi connectivity index (χ4v) is 2.19. The van der Waals surface area contributed by atoms with E-state index in [1.54, 1.807) is 19.9 Å². The molecule has 0 saturated heterocycles. The Morgan fingerprint density at radius 1 is 1.25 bits per heavy atom. The van der Waals surface area contributed by atoms with Gasteiger partial charge in [0.05, 0.1) is 19.0 Å². The fraction of sp³-hybridized carbons (Fsp3) is 0.333. The highest BCUT2D eigenvalue weighted by atomic mass is 31.2. The molecule has 1 aromatic rings. The predicted molar refractivity (Wildman–Crippen MR) is 66.3 cm³/mol. The SMILES string of the molecule is CCOP(=O)(CC)OC=Cc1ccccc1. The Labute approximate surface area is 96.6 Å². The van der Waals surface area contributed by atoms with Crippen LogP contribution in [0.1, 0.15) is 19.4 Å². The maximum absolute atomic E-state index is 11.9. The molecule has 0 aliphatic rings. The van der Waals surface area contributed by atoms with Crippen LogP contribution in [0.3, 0.4) is 0 Å². The molecule has 0 saturated carbocycles. The molecule has 0 aromatic heterocycles. The Morgan fingerprint density at radius 3 is 2.50 bits per heavy atom. The minimum atomic E-state index is -2.92. The van der Waals surface area contributed by atoms with Crippen molar-refractivity contribution in [3.8, 4) is 0 Å². The van der Waals surface area contributed by atoms with Crippen LogP contribution in [0.15, 0.2) is 36.6 Å². The largest absolute Gasteiger partial charge is 0.432 e. The Kier molecular flexibility index (Phi) is 5.30. The van der Waals surface area contributed by atoms with Crippen molar-refractivity contribution in [3.63, 3.8) is 0 Å². The van der Waals surface area contributed by atoms with Crippen LogP contribution >= 0.6 is 7.60 Å². The van der Waals surface area contributed by atoms with E-state index in [0.29, 0.717) is 12.8 Å². The van der Waals surface area contributed by atoms with Gasteiger partial charge in [0.25, 0.3) is 0 Å². The zero-order chi connectivity index (χ0) is 11.9. The van der Waals surface area contributed by atoms with E-state index in [9.17, 15) is 4.57 Å². The third kappa shape index (κ3) is 4.21. The highest BCUT2D eigenvalue weighted by Gasteiger charge is 2.19. The molecule has 0 fully saturated rings. The summed E-state index contributed by atoms with van der Waals surface area (Å²) in [5.74, 6) is 0. The van der Waals surface area contributed by atoms with Crippen LogP contribution in [-0.2, 0) is 13.6 Å². The Bertz CT molecular complexity index is 373. The van der Waals surface area contributed by atoms with Crippen LogP contribution < -0.4 is 0 Å². The molecular weight excluding hydrogens is 223 g/mol. The summed E-state index contributed by atoms with van der Waals surface area (Å²) in [5.41, 5.74) is 1.00. The van der Waals surface area contributed by atoms with E-state index >= 15 is 0 Å². The average molecular weight is 240 g/mol. The molecule has 1 rings (SSSR count). The van der Waals surface area contributed by atoms with Gasteiger partial charge in [0.1, 0.15) is 0 Å². The van der Waals surface area contributed by atoms with Crippen molar-refractivity contribution in [1.82, 2.24) is 0 Å². The van der Waals surface area contributed by atoms with Gasteiger partial charge in [0.2, 0.25) is 0 Å².